The Morgan fingerprint density at radius 2 is 2.36 bits per heavy atom. The zero-order chi connectivity index (χ0) is 8.53. The molecule has 64 valence electrons. The fourth-order valence-electron chi connectivity index (χ4n) is 0.764. The third-order valence-corrected chi connectivity index (χ3v) is 1.44. The van der Waals surface area contributed by atoms with Gasteiger partial charge in [0.25, 0.3) is 0 Å². The fraction of sp³-hybridized carbons (Fsp3) is 0.750. The minimum Gasteiger partial charge on any atom is -0.318 e. The lowest BCUT2D eigenvalue weighted by Crippen LogP contribution is -2.12. The second kappa shape index (κ2) is 7.41. The van der Waals surface area contributed by atoms with E-state index in [2.05, 4.69) is 17.2 Å². The van der Waals surface area contributed by atoms with Crippen LogP contribution in [0.15, 0.2) is 4.99 Å². The highest BCUT2D eigenvalue weighted by molar-refractivity contribution is 5.94. The maximum absolute atomic E-state index is 6.90. The Labute approximate surface area is 68.4 Å². The van der Waals surface area contributed by atoms with Gasteiger partial charge in [-0.15, -0.1) is 0 Å². The van der Waals surface area contributed by atoms with Crippen molar-refractivity contribution in [2.75, 3.05) is 20.1 Å². The first-order valence-electron chi connectivity index (χ1n) is 4.00. The van der Waals surface area contributed by atoms with Gasteiger partial charge < -0.3 is 10.7 Å². The number of rotatable bonds is 6. The predicted molar refractivity (Wildman–Crippen MR) is 49.9 cm³/mol. The van der Waals surface area contributed by atoms with E-state index in [1.54, 1.807) is 0 Å². The lowest BCUT2D eigenvalue weighted by molar-refractivity contribution is 0.800. The molecule has 0 rings (SSSR count). The molecule has 0 saturated carbocycles. The fourth-order valence-corrected chi connectivity index (χ4v) is 0.764. The van der Waals surface area contributed by atoms with Gasteiger partial charge in [-0.1, -0.05) is 6.92 Å². The smallest absolute Gasteiger partial charge is 0.0513 e. The molecule has 0 aliphatic carbocycles. The molecule has 0 aliphatic rings. The number of nitrogens with zero attached hydrogens (tertiary/aromatic N) is 1. The summed E-state index contributed by atoms with van der Waals surface area (Å²) in [6.45, 7) is 3.82. The monoisotopic (exact) mass is 155 g/mol. The van der Waals surface area contributed by atoms with E-state index in [4.69, 9.17) is 5.41 Å². The Balaban J connectivity index is 3.61. The molecule has 2 N–H and O–H groups in total. The molecule has 0 aromatic carbocycles. The first-order valence-corrected chi connectivity index (χ1v) is 4.00. The average molecular weight is 155 g/mol. The van der Waals surface area contributed by atoms with E-state index in [0.717, 1.165) is 25.2 Å². The van der Waals surface area contributed by atoms with E-state index in [1.807, 2.05) is 7.05 Å². The Morgan fingerprint density at radius 1 is 1.64 bits per heavy atom. The van der Waals surface area contributed by atoms with Gasteiger partial charge in [0.1, 0.15) is 0 Å². The van der Waals surface area contributed by atoms with Crippen LogP contribution < -0.4 is 5.32 Å². The summed E-state index contributed by atoms with van der Waals surface area (Å²) in [5.74, 6) is 0. The van der Waals surface area contributed by atoms with Crippen molar-refractivity contribution in [2.24, 2.45) is 4.99 Å². The van der Waals surface area contributed by atoms with Gasteiger partial charge in [-0.3, -0.25) is 4.99 Å². The molecule has 0 atom stereocenters. The minimum absolute atomic E-state index is 0.709. The molecular weight excluding hydrogens is 138 g/mol. The van der Waals surface area contributed by atoms with Gasteiger partial charge in [-0.05, 0) is 13.5 Å². The third kappa shape index (κ3) is 5.73. The van der Waals surface area contributed by atoms with Crippen LogP contribution in [0, 0.1) is 5.41 Å². The largest absolute Gasteiger partial charge is 0.318 e. The molecular formula is C8H17N3. The Bertz CT molecular complexity index is 129. The van der Waals surface area contributed by atoms with Crippen LogP contribution in [-0.2, 0) is 0 Å². The lowest BCUT2D eigenvalue weighted by atomic mass is 10.2. The molecule has 0 spiro atoms. The van der Waals surface area contributed by atoms with Crippen LogP contribution in [0.2, 0.25) is 0 Å². The quantitative estimate of drug-likeness (QED) is 0.438. The van der Waals surface area contributed by atoms with Gasteiger partial charge in [0, 0.05) is 24.9 Å². The molecule has 11 heavy (non-hydrogen) atoms. The molecule has 0 bridgehead atoms. The second-order valence-corrected chi connectivity index (χ2v) is 2.31. The molecule has 0 aromatic heterocycles. The van der Waals surface area contributed by atoms with Crippen LogP contribution in [-0.4, -0.2) is 32.1 Å². The van der Waals surface area contributed by atoms with Gasteiger partial charge in [0.15, 0.2) is 0 Å². The zero-order valence-corrected chi connectivity index (χ0v) is 7.35. The summed E-state index contributed by atoms with van der Waals surface area (Å²) in [7, 11) is 1.91. The summed E-state index contributed by atoms with van der Waals surface area (Å²) in [6.07, 6.45) is 3.07. The average Bonchev–Trinajstić information content (AvgIpc) is 2.03. The summed E-state index contributed by atoms with van der Waals surface area (Å²) in [6, 6.07) is 0. The summed E-state index contributed by atoms with van der Waals surface area (Å²) < 4.78 is 0. The van der Waals surface area contributed by atoms with E-state index >= 15 is 0 Å². The molecule has 0 unspecified atom stereocenters. The molecule has 0 amide bonds. The van der Waals surface area contributed by atoms with Crippen molar-refractivity contribution < 1.29 is 0 Å². The van der Waals surface area contributed by atoms with E-state index in [-0.39, 0.29) is 0 Å². The standard InChI is InChI=1S/C8H17N3/c1-3-8(4-5-9)11-7-6-10-2/h5,9-10H,3-4,6-7H2,1-2H3. The van der Waals surface area contributed by atoms with Crippen molar-refractivity contribution >= 4 is 11.9 Å². The maximum Gasteiger partial charge on any atom is 0.0513 e. The number of nitrogens with one attached hydrogen (secondary N) is 2. The van der Waals surface area contributed by atoms with Crippen LogP contribution in [0.3, 0.4) is 0 Å². The van der Waals surface area contributed by atoms with E-state index < -0.39 is 0 Å². The van der Waals surface area contributed by atoms with Gasteiger partial charge in [-0.2, -0.15) is 0 Å². The molecule has 0 aromatic rings. The van der Waals surface area contributed by atoms with Crippen molar-refractivity contribution in [1.82, 2.24) is 5.32 Å². The zero-order valence-electron chi connectivity index (χ0n) is 7.35. The Kier molecular flexibility index (Phi) is 6.94. The first-order chi connectivity index (χ1) is 5.35. The molecule has 3 heteroatoms. The highest BCUT2D eigenvalue weighted by atomic mass is 14.9. The maximum atomic E-state index is 6.90. The number of hydrogen-bond donors (Lipinski definition) is 2. The van der Waals surface area contributed by atoms with Crippen molar-refractivity contribution in [1.29, 1.82) is 5.41 Å². The van der Waals surface area contributed by atoms with Crippen LogP contribution in [0.1, 0.15) is 19.8 Å². The predicted octanol–water partition coefficient (Wildman–Crippen LogP) is 1.10. The summed E-state index contributed by atoms with van der Waals surface area (Å²) in [4.78, 5) is 4.32. The van der Waals surface area contributed by atoms with Gasteiger partial charge in [-0.25, -0.2) is 0 Å². The molecule has 0 saturated heterocycles. The minimum atomic E-state index is 0.709. The lowest BCUT2D eigenvalue weighted by Gasteiger charge is -1.98. The highest BCUT2D eigenvalue weighted by Crippen LogP contribution is 1.89. The van der Waals surface area contributed by atoms with Crippen molar-refractivity contribution in [3.05, 3.63) is 0 Å². The van der Waals surface area contributed by atoms with E-state index in [0.29, 0.717) is 6.42 Å². The van der Waals surface area contributed by atoms with Crippen molar-refractivity contribution in [3.8, 4) is 0 Å². The SMILES string of the molecule is CCC(CC=N)=NCCNC. The van der Waals surface area contributed by atoms with Gasteiger partial charge >= 0.3 is 0 Å². The highest BCUT2D eigenvalue weighted by Gasteiger charge is 1.91. The van der Waals surface area contributed by atoms with Gasteiger partial charge in [0.2, 0.25) is 0 Å². The van der Waals surface area contributed by atoms with Gasteiger partial charge in [0.05, 0.1) is 6.54 Å². The Hall–Kier alpha value is -0.700. The summed E-state index contributed by atoms with van der Waals surface area (Å²) in [5.41, 5.74) is 1.12. The van der Waals surface area contributed by atoms with Crippen molar-refractivity contribution in [2.45, 2.75) is 19.8 Å². The van der Waals surface area contributed by atoms with Crippen LogP contribution in [0.25, 0.3) is 0 Å². The van der Waals surface area contributed by atoms with Crippen molar-refractivity contribution in [3.63, 3.8) is 0 Å². The number of aliphatic imine (C=N–C) groups is 1. The molecule has 3 nitrogen and oxygen atoms in total. The second-order valence-electron chi connectivity index (χ2n) is 2.31. The molecule has 0 fully saturated rings. The van der Waals surface area contributed by atoms with Crippen LogP contribution in [0.5, 0.6) is 0 Å². The molecule has 0 aliphatic heterocycles. The molecule has 0 radical (unpaired) electrons. The summed E-state index contributed by atoms with van der Waals surface area (Å²) in [5, 5.41) is 9.92. The number of hydrogen-bond acceptors (Lipinski definition) is 3. The summed E-state index contributed by atoms with van der Waals surface area (Å²) >= 11 is 0. The molecule has 0 heterocycles. The third-order valence-electron chi connectivity index (χ3n) is 1.44. The van der Waals surface area contributed by atoms with Crippen LogP contribution in [0.4, 0.5) is 0 Å². The Morgan fingerprint density at radius 3 is 2.82 bits per heavy atom. The van der Waals surface area contributed by atoms with Crippen LogP contribution >= 0.6 is 0 Å². The number of likely N-dealkylation sites (N-methyl/N-ethyl adjacent to an activating group) is 1. The van der Waals surface area contributed by atoms with E-state index in [1.165, 1.54) is 6.21 Å². The van der Waals surface area contributed by atoms with E-state index in [9.17, 15) is 0 Å². The topological polar surface area (TPSA) is 48.2 Å². The first kappa shape index (κ1) is 10.3. The normalized spacial score (nSPS) is 11.6.